The number of nitrogens with zero attached hydrogens (tertiary/aromatic N) is 2. The molecule has 0 radical (unpaired) electrons. The van der Waals surface area contributed by atoms with Gasteiger partial charge in [-0.1, -0.05) is 23.2 Å². The SMILES string of the molecule is CC(Oc1ccc(Cl)cc1Cl)C(=O)Nc1nonc1-c1ccc(F)cc1. The summed E-state index contributed by atoms with van der Waals surface area (Å²) < 4.78 is 23.3. The first-order chi connectivity index (χ1) is 12.4. The van der Waals surface area contributed by atoms with Crippen molar-refractivity contribution in [1.82, 2.24) is 10.3 Å². The molecule has 1 N–H and O–H groups in total. The van der Waals surface area contributed by atoms with Crippen LogP contribution in [0.2, 0.25) is 10.0 Å². The maximum Gasteiger partial charge on any atom is 0.266 e. The van der Waals surface area contributed by atoms with Gasteiger partial charge in [-0.15, -0.1) is 0 Å². The minimum atomic E-state index is -0.883. The molecular formula is C17H12Cl2FN3O3. The topological polar surface area (TPSA) is 77.2 Å². The summed E-state index contributed by atoms with van der Waals surface area (Å²) >= 11 is 11.9. The Hall–Kier alpha value is -2.64. The summed E-state index contributed by atoms with van der Waals surface area (Å²) in [4.78, 5) is 12.4. The van der Waals surface area contributed by atoms with Crippen molar-refractivity contribution >= 4 is 34.9 Å². The van der Waals surface area contributed by atoms with Crippen molar-refractivity contribution in [2.45, 2.75) is 13.0 Å². The zero-order valence-electron chi connectivity index (χ0n) is 13.4. The average molecular weight is 396 g/mol. The highest BCUT2D eigenvalue weighted by Crippen LogP contribution is 2.29. The third-order valence-electron chi connectivity index (χ3n) is 3.41. The van der Waals surface area contributed by atoms with Crippen LogP contribution in [0.15, 0.2) is 47.1 Å². The molecule has 134 valence electrons. The molecule has 2 aromatic carbocycles. The number of ether oxygens (including phenoxy) is 1. The van der Waals surface area contributed by atoms with Crippen LogP contribution in [0, 0.1) is 5.82 Å². The highest BCUT2D eigenvalue weighted by molar-refractivity contribution is 6.35. The molecule has 3 rings (SSSR count). The minimum Gasteiger partial charge on any atom is -0.479 e. The molecule has 1 unspecified atom stereocenters. The van der Waals surface area contributed by atoms with Gasteiger partial charge in [0.1, 0.15) is 11.6 Å². The fourth-order valence-corrected chi connectivity index (χ4v) is 2.55. The molecule has 0 aliphatic carbocycles. The number of benzene rings is 2. The van der Waals surface area contributed by atoms with E-state index in [1.165, 1.54) is 30.3 Å². The summed E-state index contributed by atoms with van der Waals surface area (Å²) in [6, 6.07) is 10.2. The molecule has 3 aromatic rings. The van der Waals surface area contributed by atoms with Gasteiger partial charge in [0.2, 0.25) is 5.82 Å². The molecule has 1 amide bonds. The van der Waals surface area contributed by atoms with Gasteiger partial charge in [0.15, 0.2) is 11.8 Å². The van der Waals surface area contributed by atoms with Crippen LogP contribution in [0.25, 0.3) is 11.3 Å². The molecule has 0 saturated carbocycles. The van der Waals surface area contributed by atoms with Crippen LogP contribution >= 0.6 is 23.2 Å². The molecule has 0 aliphatic heterocycles. The lowest BCUT2D eigenvalue weighted by Crippen LogP contribution is -2.30. The van der Waals surface area contributed by atoms with Crippen LogP contribution in [0.3, 0.4) is 0 Å². The molecule has 1 heterocycles. The maximum absolute atomic E-state index is 13.0. The van der Waals surface area contributed by atoms with Gasteiger partial charge in [-0.3, -0.25) is 4.79 Å². The number of carbonyl (C=O) groups is 1. The van der Waals surface area contributed by atoms with Crippen LogP contribution in [-0.2, 0) is 4.79 Å². The van der Waals surface area contributed by atoms with Crippen molar-refractivity contribution in [3.05, 3.63) is 58.3 Å². The second-order valence-corrected chi connectivity index (χ2v) is 6.14. The molecule has 9 heteroatoms. The predicted octanol–water partition coefficient (Wildman–Crippen LogP) is 4.59. The first-order valence-electron chi connectivity index (χ1n) is 7.45. The van der Waals surface area contributed by atoms with E-state index < -0.39 is 17.8 Å². The van der Waals surface area contributed by atoms with Crippen molar-refractivity contribution in [1.29, 1.82) is 0 Å². The zero-order chi connectivity index (χ0) is 18.7. The van der Waals surface area contributed by atoms with Gasteiger partial charge in [0.05, 0.1) is 5.02 Å². The average Bonchev–Trinajstić information content (AvgIpc) is 3.06. The number of nitrogens with one attached hydrogen (secondary N) is 1. The normalized spacial score (nSPS) is 11.8. The van der Waals surface area contributed by atoms with E-state index in [0.717, 1.165) is 0 Å². The Labute approximate surface area is 157 Å². The van der Waals surface area contributed by atoms with Crippen molar-refractivity contribution < 1.29 is 18.6 Å². The standard InChI is InChI=1S/C17H12Cl2FN3O3/c1-9(25-14-7-4-11(18)8-13(14)19)17(24)21-16-15(22-26-23-16)10-2-5-12(20)6-3-10/h2-9H,1H3,(H,21,23,24). The van der Waals surface area contributed by atoms with Gasteiger partial charge in [-0.2, -0.15) is 0 Å². The lowest BCUT2D eigenvalue weighted by molar-refractivity contribution is -0.122. The summed E-state index contributed by atoms with van der Waals surface area (Å²) in [7, 11) is 0. The van der Waals surface area contributed by atoms with Gasteiger partial charge in [0, 0.05) is 10.6 Å². The first-order valence-corrected chi connectivity index (χ1v) is 8.20. The lowest BCUT2D eigenvalue weighted by Gasteiger charge is -2.15. The summed E-state index contributed by atoms with van der Waals surface area (Å²) in [6.45, 7) is 1.55. The summed E-state index contributed by atoms with van der Waals surface area (Å²) in [5, 5.41) is 10.7. The van der Waals surface area contributed by atoms with E-state index in [2.05, 4.69) is 20.3 Å². The molecule has 6 nitrogen and oxygen atoms in total. The molecule has 1 atom stereocenters. The number of carbonyl (C=O) groups excluding carboxylic acids is 1. The third-order valence-corrected chi connectivity index (χ3v) is 3.95. The number of aromatic nitrogens is 2. The summed E-state index contributed by atoms with van der Waals surface area (Å²) in [5.74, 6) is -0.470. The zero-order valence-corrected chi connectivity index (χ0v) is 14.9. The van der Waals surface area contributed by atoms with E-state index in [-0.39, 0.29) is 16.5 Å². The molecule has 0 saturated heterocycles. The number of amides is 1. The van der Waals surface area contributed by atoms with Gasteiger partial charge in [0.25, 0.3) is 5.91 Å². The molecule has 1 aromatic heterocycles. The van der Waals surface area contributed by atoms with Gasteiger partial charge < -0.3 is 10.1 Å². The smallest absolute Gasteiger partial charge is 0.266 e. The lowest BCUT2D eigenvalue weighted by atomic mass is 10.1. The van der Waals surface area contributed by atoms with Crippen molar-refractivity contribution in [2.75, 3.05) is 5.32 Å². The number of rotatable bonds is 5. The Morgan fingerprint density at radius 2 is 1.92 bits per heavy atom. The first kappa shape index (κ1) is 18.2. The number of hydrogen-bond acceptors (Lipinski definition) is 5. The number of halogens is 3. The van der Waals surface area contributed by atoms with Crippen LogP contribution in [0.5, 0.6) is 5.75 Å². The Morgan fingerprint density at radius 3 is 2.62 bits per heavy atom. The quantitative estimate of drug-likeness (QED) is 0.683. The van der Waals surface area contributed by atoms with E-state index in [1.54, 1.807) is 19.1 Å². The van der Waals surface area contributed by atoms with Crippen LogP contribution < -0.4 is 10.1 Å². The van der Waals surface area contributed by atoms with Gasteiger partial charge in [-0.25, -0.2) is 9.02 Å². The van der Waals surface area contributed by atoms with Crippen molar-refractivity contribution in [3.63, 3.8) is 0 Å². The van der Waals surface area contributed by atoms with Crippen molar-refractivity contribution in [3.8, 4) is 17.0 Å². The van der Waals surface area contributed by atoms with Crippen LogP contribution in [0.1, 0.15) is 6.92 Å². The maximum atomic E-state index is 13.0. The Morgan fingerprint density at radius 1 is 1.19 bits per heavy atom. The molecule has 0 spiro atoms. The molecular weight excluding hydrogens is 384 g/mol. The fourth-order valence-electron chi connectivity index (χ4n) is 2.10. The summed E-state index contributed by atoms with van der Waals surface area (Å²) in [6.07, 6.45) is -0.883. The highest BCUT2D eigenvalue weighted by atomic mass is 35.5. The Bertz CT molecular complexity index is 931. The summed E-state index contributed by atoms with van der Waals surface area (Å²) in [5.41, 5.74) is 0.812. The minimum absolute atomic E-state index is 0.0965. The molecule has 0 bridgehead atoms. The number of hydrogen-bond donors (Lipinski definition) is 1. The molecule has 26 heavy (non-hydrogen) atoms. The van der Waals surface area contributed by atoms with Gasteiger partial charge in [-0.05, 0) is 59.7 Å². The monoisotopic (exact) mass is 395 g/mol. The molecule has 0 aliphatic rings. The predicted molar refractivity (Wildman–Crippen MR) is 94.9 cm³/mol. The Kier molecular flexibility index (Phi) is 5.39. The van der Waals surface area contributed by atoms with Crippen molar-refractivity contribution in [2.24, 2.45) is 0 Å². The van der Waals surface area contributed by atoms with E-state index in [0.29, 0.717) is 16.3 Å². The van der Waals surface area contributed by atoms with Crippen LogP contribution in [0.4, 0.5) is 10.2 Å². The van der Waals surface area contributed by atoms with E-state index in [1.807, 2.05) is 0 Å². The number of anilines is 1. The highest BCUT2D eigenvalue weighted by Gasteiger charge is 2.21. The third kappa shape index (κ3) is 4.12. The second kappa shape index (κ2) is 7.72. The van der Waals surface area contributed by atoms with E-state index in [9.17, 15) is 9.18 Å². The van der Waals surface area contributed by atoms with E-state index >= 15 is 0 Å². The Balaban J connectivity index is 1.72. The largest absolute Gasteiger partial charge is 0.479 e. The molecule has 0 fully saturated rings. The van der Waals surface area contributed by atoms with Gasteiger partial charge >= 0.3 is 0 Å². The van der Waals surface area contributed by atoms with Crippen LogP contribution in [-0.4, -0.2) is 22.3 Å². The second-order valence-electron chi connectivity index (χ2n) is 5.29. The fraction of sp³-hybridized carbons (Fsp3) is 0.118. The van der Waals surface area contributed by atoms with E-state index in [4.69, 9.17) is 27.9 Å².